The van der Waals surface area contributed by atoms with Crippen LogP contribution in [0.1, 0.15) is 25.0 Å². The summed E-state index contributed by atoms with van der Waals surface area (Å²) in [6, 6.07) is 21.5. The smallest absolute Gasteiger partial charge is 0.363 e. The van der Waals surface area contributed by atoms with E-state index in [1.54, 1.807) is 6.08 Å². The van der Waals surface area contributed by atoms with Gasteiger partial charge in [-0.3, -0.25) is 0 Å². The molecule has 1 aliphatic heterocycles. The van der Waals surface area contributed by atoms with Gasteiger partial charge in [0.05, 0.1) is 6.10 Å². The van der Waals surface area contributed by atoms with Crippen LogP contribution in [0.25, 0.3) is 16.8 Å². The molecule has 27 heavy (non-hydrogen) atoms. The molecule has 0 bridgehead atoms. The number of nitrogens with zero attached hydrogens (tertiary/aromatic N) is 1. The molecule has 0 atom stereocenters. The predicted octanol–water partition coefficient (Wildman–Crippen LogP) is 4.97. The molecule has 0 fully saturated rings. The number of carbonyl (C=O) groups excluding carboxylic acids is 1. The first-order chi connectivity index (χ1) is 13.1. The lowest BCUT2D eigenvalue weighted by Gasteiger charge is -2.12. The molecule has 1 aliphatic rings. The Balaban J connectivity index is 1.69. The van der Waals surface area contributed by atoms with Gasteiger partial charge < -0.3 is 9.47 Å². The molecule has 0 radical (unpaired) electrons. The molecule has 0 amide bonds. The molecule has 4 heteroatoms. The van der Waals surface area contributed by atoms with Crippen molar-refractivity contribution < 1.29 is 14.3 Å². The molecule has 0 saturated carbocycles. The minimum absolute atomic E-state index is 0.0386. The fourth-order valence-corrected chi connectivity index (χ4v) is 2.96. The molecular formula is C23H19NO3. The number of hydrogen-bond donors (Lipinski definition) is 0. The van der Waals surface area contributed by atoms with Gasteiger partial charge in [-0.15, -0.1) is 0 Å². The van der Waals surface area contributed by atoms with Gasteiger partial charge in [0.1, 0.15) is 5.75 Å². The van der Waals surface area contributed by atoms with Crippen molar-refractivity contribution in [2.75, 3.05) is 0 Å². The number of hydrogen-bond acceptors (Lipinski definition) is 4. The van der Waals surface area contributed by atoms with Gasteiger partial charge in [0.25, 0.3) is 0 Å². The summed E-state index contributed by atoms with van der Waals surface area (Å²) in [5, 5.41) is 2.20. The number of cyclic esters (lactones) is 1. The fraction of sp³-hybridized carbons (Fsp3) is 0.130. The van der Waals surface area contributed by atoms with Crippen LogP contribution in [-0.2, 0) is 9.53 Å². The van der Waals surface area contributed by atoms with E-state index in [-0.39, 0.29) is 11.8 Å². The molecule has 0 aromatic heterocycles. The largest absolute Gasteiger partial charge is 0.490 e. The Morgan fingerprint density at radius 1 is 0.963 bits per heavy atom. The van der Waals surface area contributed by atoms with Crippen LogP contribution in [0.15, 0.2) is 77.4 Å². The van der Waals surface area contributed by atoms with E-state index in [1.807, 2.05) is 80.6 Å². The molecule has 0 aliphatic carbocycles. The second kappa shape index (κ2) is 7.08. The molecule has 4 nitrogen and oxygen atoms in total. The highest BCUT2D eigenvalue weighted by atomic mass is 16.6. The summed E-state index contributed by atoms with van der Waals surface area (Å²) < 4.78 is 11.2. The highest BCUT2D eigenvalue weighted by molar-refractivity contribution is 6.13. The molecule has 3 aromatic rings. The molecule has 4 rings (SSSR count). The van der Waals surface area contributed by atoms with Gasteiger partial charge >= 0.3 is 5.97 Å². The number of carbonyl (C=O) groups is 1. The summed E-state index contributed by atoms with van der Waals surface area (Å²) in [4.78, 5) is 16.7. The first kappa shape index (κ1) is 17.0. The lowest BCUT2D eigenvalue weighted by Crippen LogP contribution is -2.07. The fourth-order valence-electron chi connectivity index (χ4n) is 2.96. The van der Waals surface area contributed by atoms with Gasteiger partial charge in [-0.25, -0.2) is 9.79 Å². The summed E-state index contributed by atoms with van der Waals surface area (Å²) in [5.74, 6) is 0.568. The number of para-hydroxylation sites is 1. The van der Waals surface area contributed by atoms with Crippen LogP contribution in [0.5, 0.6) is 5.75 Å². The van der Waals surface area contributed by atoms with Crippen molar-refractivity contribution in [3.8, 4) is 5.75 Å². The van der Waals surface area contributed by atoms with Crippen LogP contribution in [0.3, 0.4) is 0 Å². The van der Waals surface area contributed by atoms with Gasteiger partial charge in [-0.2, -0.15) is 0 Å². The Labute approximate surface area is 157 Å². The van der Waals surface area contributed by atoms with Crippen molar-refractivity contribution in [2.24, 2.45) is 4.99 Å². The van der Waals surface area contributed by atoms with Crippen LogP contribution in [-0.4, -0.2) is 18.0 Å². The highest BCUT2D eigenvalue weighted by Crippen LogP contribution is 2.26. The van der Waals surface area contributed by atoms with Crippen LogP contribution in [0, 0.1) is 0 Å². The number of esters is 1. The van der Waals surface area contributed by atoms with E-state index in [1.165, 1.54) is 0 Å². The average Bonchev–Trinajstić information content (AvgIpc) is 3.03. The number of fused-ring (bicyclic) bond motifs is 1. The van der Waals surface area contributed by atoms with Crippen LogP contribution < -0.4 is 4.74 Å². The molecule has 0 saturated heterocycles. The molecule has 0 unspecified atom stereocenters. The topological polar surface area (TPSA) is 47.9 Å². The van der Waals surface area contributed by atoms with Crippen molar-refractivity contribution >= 4 is 28.7 Å². The minimum atomic E-state index is -0.461. The zero-order chi connectivity index (χ0) is 18.8. The summed E-state index contributed by atoms with van der Waals surface area (Å²) in [7, 11) is 0. The Bertz CT molecular complexity index is 1080. The van der Waals surface area contributed by atoms with E-state index in [2.05, 4.69) is 4.99 Å². The zero-order valence-corrected chi connectivity index (χ0v) is 15.2. The van der Waals surface area contributed by atoms with E-state index in [4.69, 9.17) is 9.47 Å². The third kappa shape index (κ3) is 3.60. The van der Waals surface area contributed by atoms with E-state index >= 15 is 0 Å². The summed E-state index contributed by atoms with van der Waals surface area (Å²) in [6.07, 6.45) is 1.74. The SMILES string of the molecule is CC(C)Oc1ccccc1/C=C1\N=C(c2ccc3ccccc3c2)OC1=O. The Morgan fingerprint density at radius 3 is 2.52 bits per heavy atom. The lowest BCUT2D eigenvalue weighted by atomic mass is 10.1. The normalized spacial score (nSPS) is 15.3. The van der Waals surface area contributed by atoms with Crippen LogP contribution in [0.2, 0.25) is 0 Å². The molecule has 0 spiro atoms. The third-order valence-electron chi connectivity index (χ3n) is 4.19. The van der Waals surface area contributed by atoms with Gasteiger partial charge in [0.2, 0.25) is 5.90 Å². The standard InChI is InChI=1S/C23H19NO3/c1-15(2)26-21-10-6-5-9-18(21)14-20-23(25)27-22(24-20)19-12-11-16-7-3-4-8-17(16)13-19/h3-15H,1-2H3/b20-14-. The van der Waals surface area contributed by atoms with Crippen molar-refractivity contribution in [2.45, 2.75) is 20.0 Å². The van der Waals surface area contributed by atoms with E-state index in [0.29, 0.717) is 11.6 Å². The van der Waals surface area contributed by atoms with Crippen molar-refractivity contribution in [3.05, 3.63) is 83.6 Å². The zero-order valence-electron chi connectivity index (χ0n) is 15.2. The van der Waals surface area contributed by atoms with E-state index < -0.39 is 5.97 Å². The van der Waals surface area contributed by atoms with Crippen LogP contribution >= 0.6 is 0 Å². The second-order valence-corrected chi connectivity index (χ2v) is 6.60. The maximum atomic E-state index is 12.3. The summed E-state index contributed by atoms with van der Waals surface area (Å²) in [6.45, 7) is 3.92. The second-order valence-electron chi connectivity index (χ2n) is 6.60. The number of benzene rings is 3. The quantitative estimate of drug-likeness (QED) is 0.489. The Hall–Kier alpha value is -3.40. The Kier molecular flexibility index (Phi) is 4.47. The monoisotopic (exact) mass is 357 g/mol. The molecule has 1 heterocycles. The Morgan fingerprint density at radius 2 is 1.70 bits per heavy atom. The van der Waals surface area contributed by atoms with E-state index in [9.17, 15) is 4.79 Å². The van der Waals surface area contributed by atoms with Crippen molar-refractivity contribution in [1.82, 2.24) is 0 Å². The van der Waals surface area contributed by atoms with Gasteiger partial charge in [-0.1, -0.05) is 48.5 Å². The van der Waals surface area contributed by atoms with Gasteiger partial charge in [-0.05, 0) is 48.9 Å². The van der Waals surface area contributed by atoms with Crippen molar-refractivity contribution in [1.29, 1.82) is 0 Å². The number of ether oxygens (including phenoxy) is 2. The molecular weight excluding hydrogens is 338 g/mol. The summed E-state index contributed by atoms with van der Waals surface area (Å²) in [5.41, 5.74) is 1.83. The maximum absolute atomic E-state index is 12.3. The number of rotatable bonds is 4. The van der Waals surface area contributed by atoms with Crippen molar-refractivity contribution in [3.63, 3.8) is 0 Å². The van der Waals surface area contributed by atoms with Gasteiger partial charge in [0, 0.05) is 11.1 Å². The maximum Gasteiger partial charge on any atom is 0.363 e. The first-order valence-corrected chi connectivity index (χ1v) is 8.87. The van der Waals surface area contributed by atoms with Crippen LogP contribution in [0.4, 0.5) is 0 Å². The molecule has 0 N–H and O–H groups in total. The summed E-state index contributed by atoms with van der Waals surface area (Å²) >= 11 is 0. The third-order valence-corrected chi connectivity index (χ3v) is 4.19. The minimum Gasteiger partial charge on any atom is -0.490 e. The predicted molar refractivity (Wildman–Crippen MR) is 107 cm³/mol. The van der Waals surface area contributed by atoms with Gasteiger partial charge in [0.15, 0.2) is 5.70 Å². The highest BCUT2D eigenvalue weighted by Gasteiger charge is 2.24. The lowest BCUT2D eigenvalue weighted by molar-refractivity contribution is -0.129. The van der Waals surface area contributed by atoms with E-state index in [0.717, 1.165) is 21.9 Å². The average molecular weight is 357 g/mol. The molecule has 134 valence electrons. The number of aliphatic imine (C=N–C) groups is 1. The molecule has 3 aromatic carbocycles. The first-order valence-electron chi connectivity index (χ1n) is 8.87.